The Balaban J connectivity index is 1.48. The van der Waals surface area contributed by atoms with Crippen LogP contribution in [-0.2, 0) is 4.79 Å². The minimum absolute atomic E-state index is 0.152. The summed E-state index contributed by atoms with van der Waals surface area (Å²) in [5, 5.41) is 5.80. The van der Waals surface area contributed by atoms with Crippen LogP contribution in [0.5, 0.6) is 0 Å². The quantitative estimate of drug-likeness (QED) is 0.719. The van der Waals surface area contributed by atoms with Crippen LogP contribution in [0.4, 0.5) is 5.82 Å². The molecule has 0 aromatic carbocycles. The predicted molar refractivity (Wildman–Crippen MR) is 121 cm³/mol. The van der Waals surface area contributed by atoms with E-state index in [4.69, 9.17) is 0 Å². The lowest BCUT2D eigenvalue weighted by atomic mass is 9.87. The van der Waals surface area contributed by atoms with Gasteiger partial charge in [0.25, 0.3) is 0 Å². The minimum atomic E-state index is 0.152. The first-order chi connectivity index (χ1) is 14.2. The Labute approximate surface area is 178 Å². The molecule has 4 nitrogen and oxygen atoms in total. The topological polar surface area (TPSA) is 45.2 Å². The number of pyridine rings is 1. The maximum absolute atomic E-state index is 13.4. The molecular weight excluding hydrogens is 378 g/mol. The first kappa shape index (κ1) is 20.3. The Morgan fingerprint density at radius 1 is 1.24 bits per heavy atom. The van der Waals surface area contributed by atoms with Crippen LogP contribution in [0.15, 0.2) is 48.0 Å². The van der Waals surface area contributed by atoms with Crippen LogP contribution in [0.3, 0.4) is 0 Å². The molecule has 29 heavy (non-hydrogen) atoms. The normalized spacial score (nSPS) is 21.4. The number of aromatic nitrogens is 1. The van der Waals surface area contributed by atoms with Gasteiger partial charge in [0.05, 0.1) is 0 Å². The van der Waals surface area contributed by atoms with Gasteiger partial charge in [-0.05, 0) is 54.3 Å². The minimum Gasteiger partial charge on any atom is -0.310 e. The number of hydrogen-bond donors (Lipinski definition) is 1. The molecule has 1 aliphatic heterocycles. The van der Waals surface area contributed by atoms with E-state index in [1.165, 1.54) is 29.7 Å². The number of rotatable bonds is 6. The summed E-state index contributed by atoms with van der Waals surface area (Å²) >= 11 is 1.81. The Bertz CT molecular complexity index is 812. The van der Waals surface area contributed by atoms with E-state index in [0.717, 1.165) is 31.6 Å². The van der Waals surface area contributed by atoms with Gasteiger partial charge in [-0.2, -0.15) is 0 Å². The van der Waals surface area contributed by atoms with Gasteiger partial charge in [0.1, 0.15) is 5.82 Å². The molecule has 2 atom stereocenters. The van der Waals surface area contributed by atoms with Crippen LogP contribution in [0.2, 0.25) is 0 Å². The van der Waals surface area contributed by atoms with Crippen molar-refractivity contribution < 1.29 is 4.79 Å². The number of anilines is 1. The van der Waals surface area contributed by atoms with Crippen molar-refractivity contribution in [3.8, 4) is 0 Å². The summed E-state index contributed by atoms with van der Waals surface area (Å²) in [6, 6.07) is 10.5. The molecule has 5 heteroatoms. The summed E-state index contributed by atoms with van der Waals surface area (Å²) < 4.78 is 0. The highest BCUT2D eigenvalue weighted by Gasteiger charge is 2.31. The van der Waals surface area contributed by atoms with E-state index in [-0.39, 0.29) is 11.8 Å². The van der Waals surface area contributed by atoms with Crippen LogP contribution >= 0.6 is 11.3 Å². The zero-order valence-corrected chi connectivity index (χ0v) is 18.0. The highest BCUT2D eigenvalue weighted by Crippen LogP contribution is 2.31. The SMILES string of the molecule is CC(CN(C(=O)C1CCCCC1)c1ccccn1)C1CC(c2cccs2)=CCN1. The second-order valence-electron chi connectivity index (χ2n) is 8.37. The second kappa shape index (κ2) is 9.68. The molecule has 1 N–H and O–H groups in total. The van der Waals surface area contributed by atoms with Crippen molar-refractivity contribution in [3.63, 3.8) is 0 Å². The van der Waals surface area contributed by atoms with Gasteiger partial charge < -0.3 is 5.32 Å². The van der Waals surface area contributed by atoms with Crippen LogP contribution in [0.1, 0.15) is 50.3 Å². The fourth-order valence-corrected chi connectivity index (χ4v) is 5.36. The summed E-state index contributed by atoms with van der Waals surface area (Å²) in [6.07, 6.45) is 10.7. The van der Waals surface area contributed by atoms with E-state index in [9.17, 15) is 4.79 Å². The number of nitrogens with zero attached hydrogens (tertiary/aromatic N) is 2. The maximum Gasteiger partial charge on any atom is 0.231 e. The van der Waals surface area contributed by atoms with E-state index in [0.29, 0.717) is 18.5 Å². The summed E-state index contributed by atoms with van der Waals surface area (Å²) in [6.45, 7) is 3.86. The van der Waals surface area contributed by atoms with Crippen molar-refractivity contribution in [1.29, 1.82) is 0 Å². The van der Waals surface area contributed by atoms with E-state index >= 15 is 0 Å². The monoisotopic (exact) mass is 409 g/mol. The second-order valence-corrected chi connectivity index (χ2v) is 9.32. The number of nitrogens with one attached hydrogen (secondary N) is 1. The number of hydrogen-bond acceptors (Lipinski definition) is 4. The average Bonchev–Trinajstić information content (AvgIpc) is 3.33. The summed E-state index contributed by atoms with van der Waals surface area (Å²) in [4.78, 5) is 21.3. The fourth-order valence-electron chi connectivity index (χ4n) is 4.59. The van der Waals surface area contributed by atoms with Crippen molar-refractivity contribution in [3.05, 3.63) is 52.9 Å². The van der Waals surface area contributed by atoms with Crippen molar-refractivity contribution in [2.24, 2.45) is 11.8 Å². The number of amides is 1. The molecule has 1 amide bonds. The molecule has 2 aromatic heterocycles. The molecule has 0 radical (unpaired) electrons. The Morgan fingerprint density at radius 3 is 2.83 bits per heavy atom. The maximum atomic E-state index is 13.4. The third kappa shape index (κ3) is 4.96. The van der Waals surface area contributed by atoms with E-state index in [2.05, 4.69) is 40.8 Å². The fraction of sp³-hybridized carbons (Fsp3) is 0.500. The van der Waals surface area contributed by atoms with Crippen LogP contribution < -0.4 is 10.2 Å². The van der Waals surface area contributed by atoms with Gasteiger partial charge in [-0.3, -0.25) is 9.69 Å². The van der Waals surface area contributed by atoms with Gasteiger partial charge in [-0.15, -0.1) is 11.3 Å². The van der Waals surface area contributed by atoms with Crippen LogP contribution in [-0.4, -0.2) is 30.0 Å². The number of carbonyl (C=O) groups excluding carboxylic acids is 1. The molecule has 1 aliphatic carbocycles. The largest absolute Gasteiger partial charge is 0.310 e. The van der Waals surface area contributed by atoms with Crippen molar-refractivity contribution >= 4 is 28.6 Å². The predicted octanol–water partition coefficient (Wildman–Crippen LogP) is 5.14. The highest BCUT2D eigenvalue weighted by molar-refractivity contribution is 7.11. The lowest BCUT2D eigenvalue weighted by Crippen LogP contribution is -2.46. The Hall–Kier alpha value is -1.98. The zero-order chi connectivity index (χ0) is 20.1. The van der Waals surface area contributed by atoms with Crippen LogP contribution in [0, 0.1) is 11.8 Å². The molecule has 2 aliphatic rings. The molecule has 4 rings (SSSR count). The molecule has 2 unspecified atom stereocenters. The van der Waals surface area contributed by atoms with Gasteiger partial charge in [-0.1, -0.05) is 44.4 Å². The molecule has 0 spiro atoms. The molecule has 1 saturated carbocycles. The zero-order valence-electron chi connectivity index (χ0n) is 17.2. The summed E-state index contributed by atoms with van der Waals surface area (Å²) in [7, 11) is 0. The molecule has 0 saturated heterocycles. The van der Waals surface area contributed by atoms with Crippen molar-refractivity contribution in [2.45, 2.75) is 51.5 Å². The lowest BCUT2D eigenvalue weighted by molar-refractivity contribution is -0.123. The van der Waals surface area contributed by atoms with Gasteiger partial charge >= 0.3 is 0 Å². The third-order valence-corrected chi connectivity index (χ3v) is 7.26. The highest BCUT2D eigenvalue weighted by atomic mass is 32.1. The van der Waals surface area contributed by atoms with E-state index in [1.54, 1.807) is 6.20 Å². The van der Waals surface area contributed by atoms with Crippen molar-refractivity contribution in [1.82, 2.24) is 10.3 Å². The molecule has 1 fully saturated rings. The van der Waals surface area contributed by atoms with Gasteiger partial charge in [0.2, 0.25) is 5.91 Å². The Morgan fingerprint density at radius 2 is 2.10 bits per heavy atom. The molecule has 3 heterocycles. The first-order valence-corrected chi connectivity index (χ1v) is 11.8. The van der Waals surface area contributed by atoms with Gasteiger partial charge in [0, 0.05) is 36.1 Å². The van der Waals surface area contributed by atoms with E-state index in [1.807, 2.05) is 34.4 Å². The Kier molecular flexibility index (Phi) is 6.78. The average molecular weight is 410 g/mol. The molecule has 154 valence electrons. The lowest BCUT2D eigenvalue weighted by Gasteiger charge is -2.35. The summed E-state index contributed by atoms with van der Waals surface area (Å²) in [5.41, 5.74) is 1.43. The number of carbonyl (C=O) groups is 1. The molecular formula is C24H31N3OS. The smallest absolute Gasteiger partial charge is 0.231 e. The molecule has 2 aromatic rings. The van der Waals surface area contributed by atoms with E-state index < -0.39 is 0 Å². The van der Waals surface area contributed by atoms with Gasteiger partial charge in [0.15, 0.2) is 0 Å². The third-order valence-electron chi connectivity index (χ3n) is 6.31. The van der Waals surface area contributed by atoms with Crippen molar-refractivity contribution in [2.75, 3.05) is 18.0 Å². The first-order valence-electron chi connectivity index (χ1n) is 10.9. The number of thiophene rings is 1. The molecule has 0 bridgehead atoms. The van der Waals surface area contributed by atoms with Crippen LogP contribution in [0.25, 0.3) is 5.57 Å². The van der Waals surface area contributed by atoms with Gasteiger partial charge in [-0.25, -0.2) is 4.98 Å². The standard InChI is InChI=1S/C24H31N3OS/c1-18(21-16-20(12-14-25-21)22-10-7-15-29-22)17-27(23-11-5-6-13-26-23)24(28)19-8-3-2-4-9-19/h5-7,10-13,15,18-19,21,25H,2-4,8-9,14,16-17H2,1H3. The summed E-state index contributed by atoms with van der Waals surface area (Å²) in [5.74, 6) is 1.55.